The van der Waals surface area contributed by atoms with Crippen LogP contribution in [0.1, 0.15) is 5.56 Å². The maximum Gasteiger partial charge on any atom is 0.222 e. The summed E-state index contributed by atoms with van der Waals surface area (Å²) in [5, 5.41) is 1.09. The number of nitrogens with zero attached hydrogens (tertiary/aromatic N) is 2. The quantitative estimate of drug-likeness (QED) is 0.788. The number of benzene rings is 1. The number of pyridine rings is 2. The molecule has 0 radical (unpaired) electrons. The lowest BCUT2D eigenvalue weighted by Crippen LogP contribution is -2.04. The minimum Gasteiger partial charge on any atom is -0.439 e. The van der Waals surface area contributed by atoms with E-state index in [1.165, 1.54) is 0 Å². The molecule has 0 unspecified atom stereocenters. The minimum absolute atomic E-state index is 0.571. The number of fused-ring (bicyclic) bond motifs is 1. The van der Waals surface area contributed by atoms with Gasteiger partial charge in [-0.15, -0.1) is 0 Å². The lowest BCUT2D eigenvalue weighted by atomic mass is 10.2. The van der Waals surface area contributed by atoms with Gasteiger partial charge in [-0.3, -0.25) is 4.98 Å². The highest BCUT2D eigenvalue weighted by atomic mass is 16.5. The molecule has 3 aromatic rings. The van der Waals surface area contributed by atoms with Crippen molar-refractivity contribution >= 4 is 10.9 Å². The van der Waals surface area contributed by atoms with Crippen LogP contribution in [0.25, 0.3) is 10.9 Å². The summed E-state index contributed by atoms with van der Waals surface area (Å²) in [5.74, 6) is 1.33. The van der Waals surface area contributed by atoms with Gasteiger partial charge >= 0.3 is 0 Å². The predicted octanol–water partition coefficient (Wildman–Crippen LogP) is 2.92. The zero-order valence-corrected chi connectivity index (χ0v) is 11.0. The topological polar surface area (TPSA) is 61.0 Å². The van der Waals surface area contributed by atoms with Crippen molar-refractivity contribution in [3.05, 3.63) is 60.4 Å². The summed E-state index contributed by atoms with van der Waals surface area (Å²) < 4.78 is 5.86. The molecular weight excluding hydrogens is 250 g/mol. The first-order valence-electron chi connectivity index (χ1n) is 6.53. The maximum absolute atomic E-state index is 5.86. The van der Waals surface area contributed by atoms with Crippen molar-refractivity contribution in [3.63, 3.8) is 0 Å². The Bertz CT molecular complexity index is 727. The molecule has 2 N–H and O–H groups in total. The zero-order chi connectivity index (χ0) is 13.8. The van der Waals surface area contributed by atoms with Gasteiger partial charge in [-0.2, -0.15) is 0 Å². The molecule has 0 saturated carbocycles. The van der Waals surface area contributed by atoms with Crippen LogP contribution >= 0.6 is 0 Å². The van der Waals surface area contributed by atoms with Crippen molar-refractivity contribution in [1.82, 2.24) is 9.97 Å². The van der Waals surface area contributed by atoms with E-state index in [0.717, 1.165) is 28.6 Å². The van der Waals surface area contributed by atoms with Gasteiger partial charge in [-0.1, -0.05) is 12.1 Å². The third-order valence-electron chi connectivity index (χ3n) is 3.06. The van der Waals surface area contributed by atoms with Gasteiger partial charge in [-0.25, -0.2) is 4.98 Å². The minimum atomic E-state index is 0.571. The molecule has 0 spiro atoms. The van der Waals surface area contributed by atoms with Crippen molar-refractivity contribution in [1.29, 1.82) is 0 Å². The average molecular weight is 265 g/mol. The van der Waals surface area contributed by atoms with Gasteiger partial charge in [-0.05, 0) is 37.2 Å². The Kier molecular flexibility index (Phi) is 3.56. The summed E-state index contributed by atoms with van der Waals surface area (Å²) in [6, 6.07) is 13.6. The number of ether oxygens (including phenoxy) is 1. The van der Waals surface area contributed by atoms with Crippen LogP contribution in [0.15, 0.2) is 54.9 Å². The summed E-state index contributed by atoms with van der Waals surface area (Å²) in [6.45, 7) is 0.571. The van der Waals surface area contributed by atoms with Crippen LogP contribution in [0.2, 0.25) is 0 Å². The SMILES string of the molecule is NCCc1cccnc1Oc1ccc2cccnc2c1. The molecule has 0 aliphatic rings. The highest BCUT2D eigenvalue weighted by Gasteiger charge is 2.06. The summed E-state index contributed by atoms with van der Waals surface area (Å²) in [4.78, 5) is 8.60. The Labute approximate surface area is 117 Å². The molecule has 100 valence electrons. The highest BCUT2D eigenvalue weighted by molar-refractivity contribution is 5.79. The van der Waals surface area contributed by atoms with Crippen molar-refractivity contribution in [2.45, 2.75) is 6.42 Å². The Morgan fingerprint density at radius 3 is 2.75 bits per heavy atom. The number of nitrogens with two attached hydrogens (primary N) is 1. The van der Waals surface area contributed by atoms with E-state index in [1.54, 1.807) is 12.4 Å². The molecule has 4 heteroatoms. The second-order valence-electron chi connectivity index (χ2n) is 4.47. The van der Waals surface area contributed by atoms with Gasteiger partial charge in [0.1, 0.15) is 5.75 Å². The zero-order valence-electron chi connectivity index (χ0n) is 11.0. The normalized spacial score (nSPS) is 10.7. The third kappa shape index (κ3) is 2.60. The predicted molar refractivity (Wildman–Crippen MR) is 78.8 cm³/mol. The molecule has 3 rings (SSSR count). The van der Waals surface area contributed by atoms with Crippen LogP contribution in [0.4, 0.5) is 0 Å². The Balaban J connectivity index is 1.93. The number of aromatic nitrogens is 2. The van der Waals surface area contributed by atoms with E-state index in [-0.39, 0.29) is 0 Å². The maximum atomic E-state index is 5.86. The second kappa shape index (κ2) is 5.67. The molecule has 1 aromatic carbocycles. The largest absolute Gasteiger partial charge is 0.439 e. The van der Waals surface area contributed by atoms with Crippen LogP contribution in [0.5, 0.6) is 11.6 Å². The van der Waals surface area contributed by atoms with Gasteiger partial charge in [0.15, 0.2) is 0 Å². The number of hydrogen-bond donors (Lipinski definition) is 1. The van der Waals surface area contributed by atoms with E-state index in [0.29, 0.717) is 12.4 Å². The van der Waals surface area contributed by atoms with Crippen LogP contribution in [0, 0.1) is 0 Å². The van der Waals surface area contributed by atoms with E-state index < -0.39 is 0 Å². The van der Waals surface area contributed by atoms with Gasteiger partial charge in [0.25, 0.3) is 0 Å². The monoisotopic (exact) mass is 265 g/mol. The Morgan fingerprint density at radius 2 is 1.85 bits per heavy atom. The molecular formula is C16H15N3O. The fourth-order valence-electron chi connectivity index (χ4n) is 2.08. The van der Waals surface area contributed by atoms with Gasteiger partial charge in [0, 0.05) is 29.4 Å². The molecule has 4 nitrogen and oxygen atoms in total. The molecule has 0 amide bonds. The Hall–Kier alpha value is -2.46. The highest BCUT2D eigenvalue weighted by Crippen LogP contribution is 2.25. The molecule has 20 heavy (non-hydrogen) atoms. The molecule has 2 heterocycles. The van der Waals surface area contributed by atoms with E-state index in [2.05, 4.69) is 9.97 Å². The Morgan fingerprint density at radius 1 is 1.00 bits per heavy atom. The molecule has 0 bridgehead atoms. The van der Waals surface area contributed by atoms with Crippen molar-refractivity contribution in [2.75, 3.05) is 6.54 Å². The van der Waals surface area contributed by atoms with Gasteiger partial charge in [0.2, 0.25) is 5.88 Å². The fraction of sp³-hybridized carbons (Fsp3) is 0.125. The van der Waals surface area contributed by atoms with E-state index in [9.17, 15) is 0 Å². The second-order valence-corrected chi connectivity index (χ2v) is 4.47. The van der Waals surface area contributed by atoms with Crippen molar-refractivity contribution < 1.29 is 4.74 Å². The van der Waals surface area contributed by atoms with Crippen molar-refractivity contribution in [2.24, 2.45) is 5.73 Å². The van der Waals surface area contributed by atoms with Crippen LogP contribution in [0.3, 0.4) is 0 Å². The summed E-state index contributed by atoms with van der Waals surface area (Å²) in [5.41, 5.74) is 7.52. The smallest absolute Gasteiger partial charge is 0.222 e. The number of hydrogen-bond acceptors (Lipinski definition) is 4. The first kappa shape index (κ1) is 12.6. The molecule has 0 atom stereocenters. The molecule has 0 aliphatic carbocycles. The van der Waals surface area contributed by atoms with Crippen LogP contribution < -0.4 is 10.5 Å². The van der Waals surface area contributed by atoms with Crippen LogP contribution in [-0.4, -0.2) is 16.5 Å². The third-order valence-corrected chi connectivity index (χ3v) is 3.06. The lowest BCUT2D eigenvalue weighted by molar-refractivity contribution is 0.457. The summed E-state index contributed by atoms with van der Waals surface area (Å²) >= 11 is 0. The molecule has 0 aliphatic heterocycles. The summed E-state index contributed by atoms with van der Waals surface area (Å²) in [7, 11) is 0. The van der Waals surface area contributed by atoms with Crippen molar-refractivity contribution in [3.8, 4) is 11.6 Å². The molecule has 0 saturated heterocycles. The molecule has 2 aromatic heterocycles. The summed E-state index contributed by atoms with van der Waals surface area (Å²) in [6.07, 6.45) is 4.23. The van der Waals surface area contributed by atoms with Crippen LogP contribution in [-0.2, 0) is 6.42 Å². The van der Waals surface area contributed by atoms with E-state index in [1.807, 2.05) is 42.5 Å². The standard InChI is InChI=1S/C16H15N3O/c17-8-7-13-4-2-10-19-16(13)20-14-6-5-12-3-1-9-18-15(12)11-14/h1-6,9-11H,7-8,17H2. The van der Waals surface area contributed by atoms with E-state index >= 15 is 0 Å². The first-order chi connectivity index (χ1) is 9.86. The van der Waals surface area contributed by atoms with Gasteiger partial charge < -0.3 is 10.5 Å². The lowest BCUT2D eigenvalue weighted by Gasteiger charge is -2.09. The first-order valence-corrected chi connectivity index (χ1v) is 6.53. The molecule has 0 fully saturated rings. The van der Waals surface area contributed by atoms with Gasteiger partial charge in [0.05, 0.1) is 5.52 Å². The number of rotatable bonds is 4. The fourth-order valence-corrected chi connectivity index (χ4v) is 2.08. The average Bonchev–Trinajstić information content (AvgIpc) is 2.49. The van der Waals surface area contributed by atoms with E-state index in [4.69, 9.17) is 10.5 Å².